The molecule has 2 aromatic carbocycles. The second-order valence-electron chi connectivity index (χ2n) is 4.16. The van der Waals surface area contributed by atoms with Gasteiger partial charge in [-0.2, -0.15) is 0 Å². The molecule has 0 amide bonds. The summed E-state index contributed by atoms with van der Waals surface area (Å²) in [5.41, 5.74) is 3.42. The molecule has 0 aliphatic heterocycles. The SMILES string of the molecule is Cc1cccc(Sc2ccc(CO)c(C)c2)c1. The van der Waals surface area contributed by atoms with Gasteiger partial charge in [-0.1, -0.05) is 35.5 Å². The molecule has 0 heterocycles. The van der Waals surface area contributed by atoms with Crippen molar-refractivity contribution in [1.82, 2.24) is 0 Å². The van der Waals surface area contributed by atoms with Crippen LogP contribution in [0.25, 0.3) is 0 Å². The minimum atomic E-state index is 0.112. The van der Waals surface area contributed by atoms with Crippen LogP contribution >= 0.6 is 11.8 Å². The Morgan fingerprint density at radius 2 is 1.76 bits per heavy atom. The summed E-state index contributed by atoms with van der Waals surface area (Å²) >= 11 is 1.75. The van der Waals surface area contributed by atoms with Crippen molar-refractivity contribution in [3.8, 4) is 0 Å². The number of rotatable bonds is 3. The van der Waals surface area contributed by atoms with Crippen LogP contribution in [0.4, 0.5) is 0 Å². The number of hydrogen-bond donors (Lipinski definition) is 1. The molecular weight excluding hydrogens is 228 g/mol. The molecule has 1 nitrogen and oxygen atoms in total. The minimum absolute atomic E-state index is 0.112. The predicted molar refractivity (Wildman–Crippen MR) is 72.4 cm³/mol. The zero-order chi connectivity index (χ0) is 12.3. The highest BCUT2D eigenvalue weighted by atomic mass is 32.2. The monoisotopic (exact) mass is 244 g/mol. The highest BCUT2D eigenvalue weighted by molar-refractivity contribution is 7.99. The van der Waals surface area contributed by atoms with Gasteiger partial charge in [0.25, 0.3) is 0 Å². The lowest BCUT2D eigenvalue weighted by Gasteiger charge is -2.06. The van der Waals surface area contributed by atoms with Crippen LogP contribution in [0.1, 0.15) is 16.7 Å². The molecule has 0 fully saturated rings. The zero-order valence-electron chi connectivity index (χ0n) is 10.1. The molecule has 1 N–H and O–H groups in total. The third kappa shape index (κ3) is 3.11. The van der Waals surface area contributed by atoms with Gasteiger partial charge in [0, 0.05) is 9.79 Å². The van der Waals surface area contributed by atoms with Gasteiger partial charge < -0.3 is 5.11 Å². The Morgan fingerprint density at radius 1 is 1.00 bits per heavy atom. The van der Waals surface area contributed by atoms with E-state index in [1.165, 1.54) is 15.4 Å². The van der Waals surface area contributed by atoms with Crippen molar-refractivity contribution >= 4 is 11.8 Å². The molecule has 0 atom stereocenters. The van der Waals surface area contributed by atoms with Crippen LogP contribution in [0.2, 0.25) is 0 Å². The van der Waals surface area contributed by atoms with Crippen molar-refractivity contribution in [2.75, 3.05) is 0 Å². The lowest BCUT2D eigenvalue weighted by molar-refractivity contribution is 0.281. The first-order valence-corrected chi connectivity index (χ1v) is 6.45. The van der Waals surface area contributed by atoms with Crippen molar-refractivity contribution in [3.05, 3.63) is 59.2 Å². The lowest BCUT2D eigenvalue weighted by atomic mass is 10.1. The molecule has 0 saturated carbocycles. The molecule has 0 radical (unpaired) electrons. The fourth-order valence-corrected chi connectivity index (χ4v) is 2.76. The van der Waals surface area contributed by atoms with Gasteiger partial charge in [-0.25, -0.2) is 0 Å². The van der Waals surface area contributed by atoms with Crippen LogP contribution in [0, 0.1) is 13.8 Å². The van der Waals surface area contributed by atoms with E-state index in [9.17, 15) is 0 Å². The molecule has 17 heavy (non-hydrogen) atoms. The van der Waals surface area contributed by atoms with Crippen molar-refractivity contribution in [2.45, 2.75) is 30.2 Å². The maximum Gasteiger partial charge on any atom is 0.0684 e. The van der Waals surface area contributed by atoms with Gasteiger partial charge in [-0.05, 0) is 49.2 Å². The Kier molecular flexibility index (Phi) is 3.87. The van der Waals surface area contributed by atoms with E-state index in [1.807, 2.05) is 13.0 Å². The van der Waals surface area contributed by atoms with E-state index in [-0.39, 0.29) is 6.61 Å². The van der Waals surface area contributed by atoms with Crippen molar-refractivity contribution in [3.63, 3.8) is 0 Å². The molecule has 2 rings (SSSR count). The summed E-state index contributed by atoms with van der Waals surface area (Å²) in [6, 6.07) is 14.7. The summed E-state index contributed by atoms with van der Waals surface area (Å²) < 4.78 is 0. The molecule has 2 aromatic rings. The molecule has 88 valence electrons. The predicted octanol–water partition coefficient (Wildman–Crippen LogP) is 3.95. The molecule has 0 bridgehead atoms. The highest BCUT2D eigenvalue weighted by Gasteiger charge is 2.01. The summed E-state index contributed by atoms with van der Waals surface area (Å²) in [7, 11) is 0. The number of benzene rings is 2. The number of hydrogen-bond acceptors (Lipinski definition) is 2. The van der Waals surface area contributed by atoms with E-state index < -0.39 is 0 Å². The lowest BCUT2D eigenvalue weighted by Crippen LogP contribution is -1.88. The third-order valence-electron chi connectivity index (χ3n) is 2.71. The van der Waals surface area contributed by atoms with Gasteiger partial charge >= 0.3 is 0 Å². The van der Waals surface area contributed by atoms with Gasteiger partial charge in [0.05, 0.1) is 6.61 Å². The molecule has 0 unspecified atom stereocenters. The maximum atomic E-state index is 9.13. The van der Waals surface area contributed by atoms with E-state index in [4.69, 9.17) is 5.11 Å². The molecule has 0 spiro atoms. The van der Waals surface area contributed by atoms with E-state index in [0.717, 1.165) is 11.1 Å². The Balaban J connectivity index is 2.22. The third-order valence-corrected chi connectivity index (χ3v) is 3.69. The normalized spacial score (nSPS) is 10.5. The average molecular weight is 244 g/mol. The average Bonchev–Trinajstić information content (AvgIpc) is 2.29. The molecule has 0 aliphatic carbocycles. The smallest absolute Gasteiger partial charge is 0.0684 e. The van der Waals surface area contributed by atoms with Gasteiger partial charge in [0.1, 0.15) is 0 Å². The summed E-state index contributed by atoms with van der Waals surface area (Å²) in [4.78, 5) is 2.46. The van der Waals surface area contributed by atoms with Gasteiger partial charge in [0.15, 0.2) is 0 Å². The Bertz CT molecular complexity index is 520. The number of aliphatic hydroxyl groups is 1. The molecule has 0 aliphatic rings. The highest BCUT2D eigenvalue weighted by Crippen LogP contribution is 2.29. The van der Waals surface area contributed by atoms with Crippen LogP contribution in [0.3, 0.4) is 0 Å². The second-order valence-corrected chi connectivity index (χ2v) is 5.31. The topological polar surface area (TPSA) is 20.2 Å². The summed E-state index contributed by atoms with van der Waals surface area (Å²) in [5.74, 6) is 0. The first-order valence-electron chi connectivity index (χ1n) is 5.64. The zero-order valence-corrected chi connectivity index (χ0v) is 10.9. The van der Waals surface area contributed by atoms with Crippen LogP contribution < -0.4 is 0 Å². The summed E-state index contributed by atoms with van der Waals surface area (Å²) in [5, 5.41) is 9.13. The summed E-state index contributed by atoms with van der Waals surface area (Å²) in [6.45, 7) is 4.25. The summed E-state index contributed by atoms with van der Waals surface area (Å²) in [6.07, 6.45) is 0. The van der Waals surface area contributed by atoms with Crippen molar-refractivity contribution < 1.29 is 5.11 Å². The molecule has 0 saturated heterocycles. The quantitative estimate of drug-likeness (QED) is 0.882. The fraction of sp³-hybridized carbons (Fsp3) is 0.200. The number of aryl methyl sites for hydroxylation is 2. The Hall–Kier alpha value is -1.25. The first-order chi connectivity index (χ1) is 8.19. The van der Waals surface area contributed by atoms with Crippen LogP contribution in [0.5, 0.6) is 0 Å². The van der Waals surface area contributed by atoms with E-state index in [0.29, 0.717) is 0 Å². The maximum absolute atomic E-state index is 9.13. The van der Waals surface area contributed by atoms with Crippen LogP contribution in [-0.4, -0.2) is 5.11 Å². The molecule has 0 aromatic heterocycles. The molecular formula is C15H16OS. The standard InChI is InChI=1S/C15H16OS/c1-11-4-3-5-14(8-11)17-15-7-6-13(10-16)12(2)9-15/h3-9,16H,10H2,1-2H3. The van der Waals surface area contributed by atoms with E-state index in [1.54, 1.807) is 11.8 Å². The van der Waals surface area contributed by atoms with E-state index in [2.05, 4.69) is 43.3 Å². The Labute approximate surface area is 107 Å². The molecule has 2 heteroatoms. The van der Waals surface area contributed by atoms with Crippen molar-refractivity contribution in [2.24, 2.45) is 0 Å². The van der Waals surface area contributed by atoms with Gasteiger partial charge in [-0.15, -0.1) is 0 Å². The largest absolute Gasteiger partial charge is 0.392 e. The van der Waals surface area contributed by atoms with Gasteiger partial charge in [-0.3, -0.25) is 0 Å². The van der Waals surface area contributed by atoms with Gasteiger partial charge in [0.2, 0.25) is 0 Å². The number of aliphatic hydroxyl groups excluding tert-OH is 1. The van der Waals surface area contributed by atoms with Crippen LogP contribution in [-0.2, 0) is 6.61 Å². The second kappa shape index (κ2) is 5.39. The van der Waals surface area contributed by atoms with E-state index >= 15 is 0 Å². The van der Waals surface area contributed by atoms with Crippen LogP contribution in [0.15, 0.2) is 52.3 Å². The fourth-order valence-electron chi connectivity index (χ4n) is 1.72. The first kappa shape index (κ1) is 12.2. The minimum Gasteiger partial charge on any atom is -0.392 e. The Morgan fingerprint density at radius 3 is 2.41 bits per heavy atom. The van der Waals surface area contributed by atoms with Crippen molar-refractivity contribution in [1.29, 1.82) is 0 Å².